The molecule has 1 amide bonds. The molecule has 0 atom stereocenters. The van der Waals surface area contributed by atoms with Gasteiger partial charge in [-0.3, -0.25) is 9.48 Å². The smallest absolute Gasteiger partial charge is 0.287 e. The van der Waals surface area contributed by atoms with Crippen molar-refractivity contribution in [2.45, 2.75) is 27.0 Å². The minimum absolute atomic E-state index is 0.232. The Bertz CT molecular complexity index is 930. The molecule has 2 heterocycles. The fourth-order valence-corrected chi connectivity index (χ4v) is 2.54. The number of aromatic nitrogens is 2. The van der Waals surface area contributed by atoms with E-state index in [0.717, 1.165) is 16.8 Å². The van der Waals surface area contributed by atoms with Crippen LogP contribution in [0.2, 0.25) is 5.02 Å². The van der Waals surface area contributed by atoms with Crippen LogP contribution in [0.3, 0.4) is 0 Å². The Labute approximate surface area is 156 Å². The number of ether oxygens (including phenoxy) is 1. The molecule has 7 heteroatoms. The lowest BCUT2D eigenvalue weighted by atomic mass is 10.2. The average molecular weight is 374 g/mol. The molecule has 3 aromatic rings. The summed E-state index contributed by atoms with van der Waals surface area (Å²) in [6.45, 7) is 4.49. The summed E-state index contributed by atoms with van der Waals surface area (Å²) in [5.74, 6) is 1.24. The van der Waals surface area contributed by atoms with Crippen molar-refractivity contribution >= 4 is 17.5 Å². The average Bonchev–Trinajstić information content (AvgIpc) is 3.22. The maximum absolute atomic E-state index is 12.2. The first-order chi connectivity index (χ1) is 12.4. The van der Waals surface area contributed by atoms with Crippen molar-refractivity contribution in [3.8, 4) is 5.75 Å². The molecule has 0 radical (unpaired) electrons. The molecule has 0 unspecified atom stereocenters. The second kappa shape index (κ2) is 7.66. The van der Waals surface area contributed by atoms with E-state index in [2.05, 4.69) is 10.4 Å². The highest BCUT2D eigenvalue weighted by Crippen LogP contribution is 2.22. The van der Waals surface area contributed by atoms with Gasteiger partial charge in [0.05, 0.1) is 6.20 Å². The van der Waals surface area contributed by atoms with Crippen molar-refractivity contribution in [2.75, 3.05) is 0 Å². The summed E-state index contributed by atoms with van der Waals surface area (Å²) in [5.41, 5.74) is 2.92. The van der Waals surface area contributed by atoms with Crippen LogP contribution >= 0.6 is 11.6 Å². The second-order valence-corrected chi connectivity index (χ2v) is 6.43. The van der Waals surface area contributed by atoms with Gasteiger partial charge < -0.3 is 14.5 Å². The van der Waals surface area contributed by atoms with Crippen LogP contribution in [0, 0.1) is 13.8 Å². The summed E-state index contributed by atoms with van der Waals surface area (Å²) in [7, 11) is 1.86. The Morgan fingerprint density at radius 1 is 1.31 bits per heavy atom. The molecule has 0 fully saturated rings. The Balaban J connectivity index is 1.55. The van der Waals surface area contributed by atoms with E-state index in [0.29, 0.717) is 23.1 Å². The molecule has 0 aliphatic rings. The first-order valence-corrected chi connectivity index (χ1v) is 8.55. The lowest BCUT2D eigenvalue weighted by molar-refractivity contribution is 0.0919. The van der Waals surface area contributed by atoms with Crippen LogP contribution in [0.25, 0.3) is 0 Å². The van der Waals surface area contributed by atoms with Crippen LogP contribution in [0.15, 0.2) is 40.9 Å². The first kappa shape index (κ1) is 18.1. The molecular formula is C19H20ClN3O3. The molecular weight excluding hydrogens is 354 g/mol. The van der Waals surface area contributed by atoms with Gasteiger partial charge >= 0.3 is 0 Å². The van der Waals surface area contributed by atoms with Gasteiger partial charge in [0.15, 0.2) is 5.76 Å². The van der Waals surface area contributed by atoms with Crippen molar-refractivity contribution in [3.05, 3.63) is 69.9 Å². The summed E-state index contributed by atoms with van der Waals surface area (Å²) < 4.78 is 13.0. The fraction of sp³-hybridized carbons (Fsp3) is 0.263. The molecule has 0 aliphatic carbocycles. The predicted octanol–water partition coefficient (Wildman–Crippen LogP) is 3.79. The Kier molecular flexibility index (Phi) is 5.32. The number of benzene rings is 1. The number of furan rings is 1. The van der Waals surface area contributed by atoms with Crippen LogP contribution in [0.4, 0.5) is 0 Å². The lowest BCUT2D eigenvalue weighted by Gasteiger charge is -2.06. The van der Waals surface area contributed by atoms with E-state index in [1.54, 1.807) is 35.1 Å². The zero-order valence-electron chi connectivity index (χ0n) is 14.9. The van der Waals surface area contributed by atoms with Gasteiger partial charge in [-0.25, -0.2) is 0 Å². The summed E-state index contributed by atoms with van der Waals surface area (Å²) >= 11 is 6.00. The molecule has 2 aromatic heterocycles. The van der Waals surface area contributed by atoms with Crippen LogP contribution < -0.4 is 10.1 Å². The van der Waals surface area contributed by atoms with Crippen molar-refractivity contribution in [1.29, 1.82) is 0 Å². The highest BCUT2D eigenvalue weighted by Gasteiger charge is 2.13. The van der Waals surface area contributed by atoms with E-state index in [9.17, 15) is 4.79 Å². The van der Waals surface area contributed by atoms with Gasteiger partial charge in [0.25, 0.3) is 5.91 Å². The number of nitrogens with zero attached hydrogens (tertiary/aromatic N) is 2. The number of nitrogens with one attached hydrogen (secondary N) is 1. The minimum atomic E-state index is -0.276. The van der Waals surface area contributed by atoms with Gasteiger partial charge in [0.1, 0.15) is 18.1 Å². The Hall–Kier alpha value is -2.73. The van der Waals surface area contributed by atoms with Crippen molar-refractivity contribution in [3.63, 3.8) is 0 Å². The number of aryl methyl sites for hydroxylation is 2. The third kappa shape index (κ3) is 4.08. The highest BCUT2D eigenvalue weighted by molar-refractivity contribution is 6.31. The number of carbonyl (C=O) groups is 1. The molecule has 6 nitrogen and oxygen atoms in total. The SMILES string of the molecule is Cc1cc(OCc2ccc(C(=O)NCc3cnn(C)c3C)o2)ccc1Cl. The summed E-state index contributed by atoms with van der Waals surface area (Å²) in [6, 6.07) is 8.80. The Morgan fingerprint density at radius 2 is 2.12 bits per heavy atom. The predicted molar refractivity (Wildman–Crippen MR) is 98.3 cm³/mol. The van der Waals surface area contributed by atoms with E-state index in [4.69, 9.17) is 20.8 Å². The fourth-order valence-electron chi connectivity index (χ4n) is 2.42. The van der Waals surface area contributed by atoms with E-state index < -0.39 is 0 Å². The molecule has 0 bridgehead atoms. The zero-order valence-corrected chi connectivity index (χ0v) is 15.6. The number of halogens is 1. The van der Waals surface area contributed by atoms with Crippen molar-refractivity contribution in [2.24, 2.45) is 7.05 Å². The van der Waals surface area contributed by atoms with Gasteiger partial charge in [0, 0.05) is 29.9 Å². The lowest BCUT2D eigenvalue weighted by Crippen LogP contribution is -2.22. The quantitative estimate of drug-likeness (QED) is 0.713. The van der Waals surface area contributed by atoms with Gasteiger partial charge in [0.2, 0.25) is 0 Å². The second-order valence-electron chi connectivity index (χ2n) is 6.03. The third-order valence-corrected chi connectivity index (χ3v) is 4.60. The summed E-state index contributed by atoms with van der Waals surface area (Å²) in [5, 5.41) is 7.67. The van der Waals surface area contributed by atoms with E-state index in [1.807, 2.05) is 27.0 Å². The molecule has 0 saturated heterocycles. The number of carbonyl (C=O) groups excluding carboxylic acids is 1. The standard InChI is InChI=1S/C19H20ClN3O3/c1-12-8-15(4-6-17(12)20)25-11-16-5-7-18(26-16)19(24)21-9-14-10-22-23(3)13(14)2/h4-8,10H,9,11H2,1-3H3,(H,21,24). The highest BCUT2D eigenvalue weighted by atomic mass is 35.5. The van der Waals surface area contributed by atoms with Gasteiger partial charge in [-0.1, -0.05) is 11.6 Å². The van der Waals surface area contributed by atoms with Crippen molar-refractivity contribution < 1.29 is 13.9 Å². The number of amides is 1. The molecule has 136 valence electrons. The molecule has 0 spiro atoms. The first-order valence-electron chi connectivity index (χ1n) is 8.17. The zero-order chi connectivity index (χ0) is 18.7. The van der Waals surface area contributed by atoms with Crippen LogP contribution in [0.5, 0.6) is 5.75 Å². The number of hydrogen-bond donors (Lipinski definition) is 1. The van der Waals surface area contributed by atoms with Crippen LogP contribution in [-0.2, 0) is 20.2 Å². The Morgan fingerprint density at radius 3 is 2.81 bits per heavy atom. The monoisotopic (exact) mass is 373 g/mol. The van der Waals surface area contributed by atoms with Gasteiger partial charge in [-0.05, 0) is 49.7 Å². The maximum Gasteiger partial charge on any atom is 0.287 e. The maximum atomic E-state index is 12.2. The van der Waals surface area contributed by atoms with Gasteiger partial charge in [-0.2, -0.15) is 5.10 Å². The third-order valence-electron chi connectivity index (χ3n) is 4.17. The van der Waals surface area contributed by atoms with Crippen LogP contribution in [-0.4, -0.2) is 15.7 Å². The topological polar surface area (TPSA) is 69.3 Å². The molecule has 0 aliphatic heterocycles. The van der Waals surface area contributed by atoms with Crippen molar-refractivity contribution in [1.82, 2.24) is 15.1 Å². The molecule has 26 heavy (non-hydrogen) atoms. The molecule has 1 N–H and O–H groups in total. The van der Waals surface area contributed by atoms with E-state index in [1.165, 1.54) is 0 Å². The largest absolute Gasteiger partial charge is 0.486 e. The molecule has 3 rings (SSSR count). The molecule has 0 saturated carbocycles. The minimum Gasteiger partial charge on any atom is -0.486 e. The molecule has 1 aromatic carbocycles. The normalized spacial score (nSPS) is 10.8. The van der Waals surface area contributed by atoms with Crippen LogP contribution in [0.1, 0.15) is 33.1 Å². The number of hydrogen-bond acceptors (Lipinski definition) is 4. The number of rotatable bonds is 6. The van der Waals surface area contributed by atoms with E-state index >= 15 is 0 Å². The van der Waals surface area contributed by atoms with Gasteiger partial charge in [-0.15, -0.1) is 0 Å². The summed E-state index contributed by atoms with van der Waals surface area (Å²) in [6.07, 6.45) is 1.74. The van der Waals surface area contributed by atoms with E-state index in [-0.39, 0.29) is 18.3 Å². The summed E-state index contributed by atoms with van der Waals surface area (Å²) in [4.78, 5) is 12.2.